The zero-order valence-corrected chi connectivity index (χ0v) is 22.3. The maximum atomic E-state index is 13.2. The van der Waals surface area contributed by atoms with Gasteiger partial charge in [0.05, 0.1) is 37.7 Å². The Bertz CT molecular complexity index is 1690. The topological polar surface area (TPSA) is 142 Å². The molecule has 0 aliphatic rings. The fourth-order valence-corrected chi connectivity index (χ4v) is 4.33. The van der Waals surface area contributed by atoms with Gasteiger partial charge in [-0.25, -0.2) is 19.7 Å². The molecule has 4 aromatic heterocycles. The summed E-state index contributed by atoms with van der Waals surface area (Å²) in [5.74, 6) is 1.43. The fourth-order valence-electron chi connectivity index (χ4n) is 4.33. The van der Waals surface area contributed by atoms with E-state index < -0.39 is 5.76 Å². The molecule has 204 valence electrons. The van der Waals surface area contributed by atoms with Crippen molar-refractivity contribution in [3.63, 3.8) is 0 Å². The number of nitrogens with zero attached hydrogens (tertiary/aromatic N) is 6. The molecule has 1 N–H and O–H groups in total. The summed E-state index contributed by atoms with van der Waals surface area (Å²) in [6.45, 7) is 4.83. The first-order valence-electron chi connectivity index (χ1n) is 13.2. The Kier molecular flexibility index (Phi) is 8.19. The summed E-state index contributed by atoms with van der Waals surface area (Å²) >= 11 is 0. The molecule has 0 atom stereocenters. The van der Waals surface area contributed by atoms with Crippen LogP contribution in [-0.2, 0) is 19.4 Å². The van der Waals surface area contributed by atoms with Crippen LogP contribution in [0.5, 0.6) is 5.75 Å². The third-order valence-electron chi connectivity index (χ3n) is 6.30. The van der Waals surface area contributed by atoms with E-state index in [0.29, 0.717) is 47.5 Å². The summed E-state index contributed by atoms with van der Waals surface area (Å²) in [4.78, 5) is 45.6. The Labute approximate surface area is 230 Å². The van der Waals surface area contributed by atoms with Gasteiger partial charge in [-0.05, 0) is 31.4 Å². The van der Waals surface area contributed by atoms with Crippen molar-refractivity contribution in [2.24, 2.45) is 0 Å². The van der Waals surface area contributed by atoms with E-state index in [4.69, 9.17) is 9.72 Å². The second-order valence-corrected chi connectivity index (χ2v) is 9.18. The summed E-state index contributed by atoms with van der Waals surface area (Å²) < 4.78 is 11.8. The van der Waals surface area contributed by atoms with Gasteiger partial charge in [0.2, 0.25) is 0 Å². The normalized spacial score (nSPS) is 11.1. The van der Waals surface area contributed by atoms with Crippen LogP contribution < -0.4 is 16.1 Å². The van der Waals surface area contributed by atoms with Crippen LogP contribution >= 0.6 is 0 Å². The molecule has 0 saturated heterocycles. The Balaban J connectivity index is 1.43. The number of ether oxygens (including phenoxy) is 1. The number of benzene rings is 1. The first-order chi connectivity index (χ1) is 19.5. The van der Waals surface area contributed by atoms with Gasteiger partial charge in [0.15, 0.2) is 11.6 Å². The number of nitrogens with one attached hydrogen (secondary N) is 1. The van der Waals surface area contributed by atoms with Crippen molar-refractivity contribution in [1.29, 1.82) is 0 Å². The molecule has 5 aromatic rings. The highest BCUT2D eigenvalue weighted by Gasteiger charge is 2.15. The molecule has 0 fully saturated rings. The largest absolute Gasteiger partial charge is 0.491 e. The first-order valence-corrected chi connectivity index (χ1v) is 13.2. The number of unbranched alkanes of at least 4 members (excludes halogenated alkanes) is 1. The standard InChI is InChI=1S/C29H29N7O4/c1-3-5-8-20-13-27(37)36(26(33-20)14-25-31-16-21(17-32-25)39-4-2)18-19-11-12-24(30-15-19)22-9-6-7-10-23(22)28-34-29(38)40-35-28/h6-7,9-13,15-17H,3-5,8,14,18H2,1-2H3,(H,34,35,38). The predicted molar refractivity (Wildman–Crippen MR) is 148 cm³/mol. The van der Waals surface area contributed by atoms with Gasteiger partial charge in [-0.3, -0.25) is 23.9 Å². The Morgan fingerprint density at radius 3 is 2.45 bits per heavy atom. The lowest BCUT2D eigenvalue weighted by atomic mass is 10.0. The average molecular weight is 540 g/mol. The molecule has 0 bridgehead atoms. The Morgan fingerprint density at radius 1 is 0.975 bits per heavy atom. The van der Waals surface area contributed by atoms with E-state index in [-0.39, 0.29) is 12.1 Å². The zero-order valence-electron chi connectivity index (χ0n) is 22.3. The van der Waals surface area contributed by atoms with Crippen LogP contribution in [0, 0.1) is 0 Å². The monoisotopic (exact) mass is 539 g/mol. The molecule has 0 amide bonds. The highest BCUT2D eigenvalue weighted by Crippen LogP contribution is 2.28. The molecule has 0 aliphatic heterocycles. The van der Waals surface area contributed by atoms with Crippen LogP contribution in [0.1, 0.15) is 49.6 Å². The van der Waals surface area contributed by atoms with Crippen molar-refractivity contribution in [1.82, 2.24) is 34.6 Å². The number of rotatable bonds is 11. The summed E-state index contributed by atoms with van der Waals surface area (Å²) in [5.41, 5.74) is 3.62. The Hall–Kier alpha value is -4.93. The van der Waals surface area contributed by atoms with Crippen molar-refractivity contribution in [2.45, 2.75) is 46.1 Å². The molecule has 0 saturated carbocycles. The lowest BCUT2D eigenvalue weighted by molar-refractivity contribution is 0.337. The predicted octanol–water partition coefficient (Wildman–Crippen LogP) is 3.82. The van der Waals surface area contributed by atoms with E-state index in [0.717, 1.165) is 36.1 Å². The highest BCUT2D eigenvalue weighted by molar-refractivity contribution is 5.78. The van der Waals surface area contributed by atoms with Gasteiger partial charge in [0.1, 0.15) is 11.6 Å². The third-order valence-corrected chi connectivity index (χ3v) is 6.30. The molecular weight excluding hydrogens is 510 g/mol. The molecule has 1 aromatic carbocycles. The van der Waals surface area contributed by atoms with Gasteiger partial charge in [0.25, 0.3) is 5.56 Å². The van der Waals surface area contributed by atoms with Crippen molar-refractivity contribution >= 4 is 0 Å². The first kappa shape index (κ1) is 26.7. The number of hydrogen-bond donors (Lipinski definition) is 1. The third kappa shape index (κ3) is 6.20. The minimum Gasteiger partial charge on any atom is -0.491 e. The summed E-state index contributed by atoms with van der Waals surface area (Å²) in [6.07, 6.45) is 7.98. The second-order valence-electron chi connectivity index (χ2n) is 9.18. The molecule has 11 heteroatoms. The van der Waals surface area contributed by atoms with Crippen LogP contribution in [0.3, 0.4) is 0 Å². The molecule has 0 aliphatic carbocycles. The summed E-state index contributed by atoms with van der Waals surface area (Å²) in [6, 6.07) is 12.8. The number of aromatic nitrogens is 7. The number of pyridine rings is 1. The van der Waals surface area contributed by atoms with E-state index >= 15 is 0 Å². The number of hydrogen-bond acceptors (Lipinski definition) is 9. The molecule has 11 nitrogen and oxygen atoms in total. The zero-order chi connectivity index (χ0) is 27.9. The average Bonchev–Trinajstić information content (AvgIpc) is 3.41. The van der Waals surface area contributed by atoms with Crippen LogP contribution in [0.4, 0.5) is 0 Å². The van der Waals surface area contributed by atoms with Crippen molar-refractivity contribution < 1.29 is 9.26 Å². The minimum absolute atomic E-state index is 0.133. The Morgan fingerprint density at radius 2 is 1.77 bits per heavy atom. The fraction of sp³-hybridized carbons (Fsp3) is 0.276. The van der Waals surface area contributed by atoms with Crippen LogP contribution in [0.25, 0.3) is 22.6 Å². The van der Waals surface area contributed by atoms with E-state index in [1.54, 1.807) is 29.2 Å². The molecular formula is C29H29N7O4. The number of aromatic amines is 1. The quantitative estimate of drug-likeness (QED) is 0.265. The number of aryl methyl sites for hydroxylation is 1. The summed E-state index contributed by atoms with van der Waals surface area (Å²) in [5, 5.41) is 3.81. The number of H-pyrrole nitrogens is 1. The van der Waals surface area contributed by atoms with Crippen molar-refractivity contribution in [3.8, 4) is 28.4 Å². The molecule has 4 heterocycles. The maximum absolute atomic E-state index is 13.2. The van der Waals surface area contributed by atoms with Crippen LogP contribution in [0.2, 0.25) is 0 Å². The van der Waals surface area contributed by atoms with E-state index in [9.17, 15) is 9.59 Å². The summed E-state index contributed by atoms with van der Waals surface area (Å²) in [7, 11) is 0. The van der Waals surface area contributed by atoms with Crippen molar-refractivity contribution in [2.75, 3.05) is 6.61 Å². The SMILES string of the molecule is CCCCc1cc(=O)n(Cc2ccc(-c3ccccc3-c3noc(=O)[nH]3)nc2)c(Cc2ncc(OCC)cn2)n1. The second kappa shape index (κ2) is 12.3. The van der Waals surface area contributed by atoms with E-state index in [2.05, 4.69) is 36.5 Å². The van der Waals surface area contributed by atoms with E-state index in [1.165, 1.54) is 0 Å². The van der Waals surface area contributed by atoms with Crippen LogP contribution in [-0.4, -0.2) is 41.3 Å². The molecule has 40 heavy (non-hydrogen) atoms. The smallest absolute Gasteiger partial charge is 0.439 e. The van der Waals surface area contributed by atoms with Gasteiger partial charge in [-0.1, -0.05) is 48.8 Å². The minimum atomic E-state index is -0.626. The van der Waals surface area contributed by atoms with Crippen molar-refractivity contribution in [3.05, 3.63) is 105 Å². The molecule has 0 unspecified atom stereocenters. The lowest BCUT2D eigenvalue weighted by Crippen LogP contribution is -2.27. The van der Waals surface area contributed by atoms with Gasteiger partial charge in [-0.15, -0.1) is 0 Å². The highest BCUT2D eigenvalue weighted by atomic mass is 16.5. The van der Waals surface area contributed by atoms with Crippen LogP contribution in [0.15, 0.2) is 75.2 Å². The molecule has 5 rings (SSSR count). The van der Waals surface area contributed by atoms with Gasteiger partial charge < -0.3 is 4.74 Å². The van der Waals surface area contributed by atoms with E-state index in [1.807, 2.05) is 43.3 Å². The van der Waals surface area contributed by atoms with Gasteiger partial charge >= 0.3 is 5.76 Å². The lowest BCUT2D eigenvalue weighted by Gasteiger charge is -2.14. The molecule has 0 radical (unpaired) electrons. The van der Waals surface area contributed by atoms with Gasteiger partial charge in [-0.2, -0.15) is 0 Å². The maximum Gasteiger partial charge on any atom is 0.439 e. The molecule has 0 spiro atoms. The van der Waals surface area contributed by atoms with Gasteiger partial charge in [0, 0.05) is 29.1 Å².